The van der Waals surface area contributed by atoms with Crippen LogP contribution in [-0.4, -0.2) is 50.9 Å². The minimum Gasteiger partial charge on any atom is -0.469 e. The van der Waals surface area contributed by atoms with Gasteiger partial charge < -0.3 is 18.9 Å². The molecule has 7 nitrogen and oxygen atoms in total. The molecule has 0 saturated carbocycles. The first kappa shape index (κ1) is 21.2. The average Bonchev–Trinajstić information content (AvgIpc) is 2.64. The van der Waals surface area contributed by atoms with Crippen molar-refractivity contribution in [1.82, 2.24) is 0 Å². The van der Waals surface area contributed by atoms with Crippen molar-refractivity contribution < 1.29 is 33.3 Å². The quantitative estimate of drug-likeness (QED) is 0.486. The maximum atomic E-state index is 12.3. The highest BCUT2D eigenvalue weighted by Crippen LogP contribution is 2.35. The Labute approximate surface area is 148 Å². The molecule has 0 heterocycles. The van der Waals surface area contributed by atoms with Crippen molar-refractivity contribution in [3.63, 3.8) is 0 Å². The van der Waals surface area contributed by atoms with Crippen molar-refractivity contribution in [3.8, 4) is 0 Å². The summed E-state index contributed by atoms with van der Waals surface area (Å²) >= 11 is 0. The molecular weight excluding hydrogens is 328 g/mol. The van der Waals surface area contributed by atoms with Crippen LogP contribution in [0.2, 0.25) is 0 Å². The Bertz CT molecular complexity index is 508. The number of rotatable bonds is 8. The van der Waals surface area contributed by atoms with Gasteiger partial charge in [0.2, 0.25) is 0 Å². The van der Waals surface area contributed by atoms with E-state index < -0.39 is 35.8 Å². The van der Waals surface area contributed by atoms with Crippen LogP contribution in [0.3, 0.4) is 0 Å². The number of hydrogen-bond donors (Lipinski definition) is 0. The molecule has 0 saturated heterocycles. The molecule has 0 fully saturated rings. The molecule has 1 aliphatic carbocycles. The van der Waals surface area contributed by atoms with Crippen LogP contribution in [0.25, 0.3) is 0 Å². The highest BCUT2D eigenvalue weighted by atomic mass is 16.5. The monoisotopic (exact) mass is 356 g/mol. The predicted octanol–water partition coefficient (Wildman–Crippen LogP) is 2.03. The highest BCUT2D eigenvalue weighted by Gasteiger charge is 2.46. The Balaban J connectivity index is 3.27. The van der Waals surface area contributed by atoms with E-state index in [0.717, 1.165) is 12.8 Å². The Morgan fingerprint density at radius 2 is 1.68 bits per heavy atom. The van der Waals surface area contributed by atoms with E-state index >= 15 is 0 Å². The summed E-state index contributed by atoms with van der Waals surface area (Å²) in [7, 11) is 2.51. The van der Waals surface area contributed by atoms with Gasteiger partial charge in [-0.15, -0.1) is 0 Å². The first-order valence-electron chi connectivity index (χ1n) is 8.62. The number of ether oxygens (including phenoxy) is 4. The summed E-state index contributed by atoms with van der Waals surface area (Å²) < 4.78 is 20.7. The molecule has 0 radical (unpaired) electrons. The van der Waals surface area contributed by atoms with Crippen LogP contribution in [-0.2, 0) is 33.3 Å². The minimum atomic E-state index is -0.865. The summed E-state index contributed by atoms with van der Waals surface area (Å²) in [6.45, 7) is 5.86. The van der Waals surface area contributed by atoms with Gasteiger partial charge in [0.15, 0.2) is 0 Å². The Kier molecular flexibility index (Phi) is 8.61. The van der Waals surface area contributed by atoms with Crippen LogP contribution in [0.4, 0.5) is 0 Å². The van der Waals surface area contributed by atoms with Gasteiger partial charge in [0.1, 0.15) is 5.92 Å². The first-order valence-corrected chi connectivity index (χ1v) is 8.62. The molecule has 0 amide bonds. The number of methoxy groups -OCH3 is 2. The summed E-state index contributed by atoms with van der Waals surface area (Å²) in [5.41, 5.74) is 0.313. The van der Waals surface area contributed by atoms with Gasteiger partial charge in [0.25, 0.3) is 0 Å². The summed E-state index contributed by atoms with van der Waals surface area (Å²) in [6, 6.07) is 0. The molecule has 7 heteroatoms. The van der Waals surface area contributed by atoms with Gasteiger partial charge in [-0.2, -0.15) is 0 Å². The normalized spacial score (nSPS) is 23.0. The fourth-order valence-corrected chi connectivity index (χ4v) is 2.98. The van der Waals surface area contributed by atoms with Gasteiger partial charge in [-0.3, -0.25) is 9.59 Å². The van der Waals surface area contributed by atoms with Crippen molar-refractivity contribution >= 4 is 17.9 Å². The predicted molar refractivity (Wildman–Crippen MR) is 89.6 cm³/mol. The Hall–Kier alpha value is -1.89. The standard InChI is InChI=1S/C18H28O7/c1-6-12(7-2)25-14-10-11(16(19)24-8-3)9-13(17(20)22-4)15(14)18(21)23-5/h10,12-15H,6-9H2,1-5H3/t13-,14?,15+/m0/s1. The van der Waals surface area contributed by atoms with Crippen molar-refractivity contribution in [2.75, 3.05) is 20.8 Å². The van der Waals surface area contributed by atoms with E-state index in [1.807, 2.05) is 13.8 Å². The molecule has 25 heavy (non-hydrogen) atoms. The molecule has 1 rings (SSSR count). The Morgan fingerprint density at radius 1 is 1.08 bits per heavy atom. The van der Waals surface area contributed by atoms with Crippen LogP contribution in [0.5, 0.6) is 0 Å². The van der Waals surface area contributed by atoms with E-state index in [0.29, 0.717) is 5.57 Å². The van der Waals surface area contributed by atoms with E-state index in [2.05, 4.69) is 0 Å². The van der Waals surface area contributed by atoms with Gasteiger partial charge in [-0.05, 0) is 32.3 Å². The zero-order valence-corrected chi connectivity index (χ0v) is 15.6. The molecule has 0 aliphatic heterocycles. The lowest BCUT2D eigenvalue weighted by atomic mass is 9.77. The number of carbonyl (C=O) groups excluding carboxylic acids is 3. The maximum absolute atomic E-state index is 12.3. The van der Waals surface area contributed by atoms with Crippen molar-refractivity contribution in [2.45, 2.75) is 52.2 Å². The largest absolute Gasteiger partial charge is 0.469 e. The van der Waals surface area contributed by atoms with Gasteiger partial charge in [0.05, 0.1) is 39.0 Å². The van der Waals surface area contributed by atoms with Crippen LogP contribution >= 0.6 is 0 Å². The summed E-state index contributed by atoms with van der Waals surface area (Å²) in [5, 5.41) is 0. The molecule has 0 aromatic rings. The molecule has 3 atom stereocenters. The van der Waals surface area contributed by atoms with E-state index in [1.165, 1.54) is 14.2 Å². The van der Waals surface area contributed by atoms with E-state index in [9.17, 15) is 14.4 Å². The summed E-state index contributed by atoms with van der Waals surface area (Å²) in [4.78, 5) is 36.7. The molecule has 0 spiro atoms. The number of hydrogen-bond acceptors (Lipinski definition) is 7. The minimum absolute atomic E-state index is 0.0497. The first-order chi connectivity index (χ1) is 11.9. The van der Waals surface area contributed by atoms with Gasteiger partial charge in [-0.1, -0.05) is 13.8 Å². The van der Waals surface area contributed by atoms with Gasteiger partial charge in [0, 0.05) is 5.57 Å². The van der Waals surface area contributed by atoms with Gasteiger partial charge >= 0.3 is 17.9 Å². The topological polar surface area (TPSA) is 88.1 Å². The third-order valence-electron chi connectivity index (χ3n) is 4.37. The van der Waals surface area contributed by atoms with Crippen LogP contribution < -0.4 is 0 Å². The number of esters is 3. The lowest BCUT2D eigenvalue weighted by molar-refractivity contribution is -0.166. The average molecular weight is 356 g/mol. The van der Waals surface area contributed by atoms with E-state index in [4.69, 9.17) is 18.9 Å². The second kappa shape index (κ2) is 10.2. The smallest absolute Gasteiger partial charge is 0.333 e. The van der Waals surface area contributed by atoms with Crippen LogP contribution in [0, 0.1) is 11.8 Å². The third-order valence-corrected chi connectivity index (χ3v) is 4.37. The van der Waals surface area contributed by atoms with Crippen molar-refractivity contribution in [1.29, 1.82) is 0 Å². The van der Waals surface area contributed by atoms with Crippen LogP contribution in [0.1, 0.15) is 40.0 Å². The highest BCUT2D eigenvalue weighted by molar-refractivity contribution is 5.92. The van der Waals surface area contributed by atoms with Crippen LogP contribution in [0.15, 0.2) is 11.6 Å². The molecule has 142 valence electrons. The molecule has 0 N–H and O–H groups in total. The molecule has 0 bridgehead atoms. The Morgan fingerprint density at radius 3 is 2.16 bits per heavy atom. The molecular formula is C18H28O7. The molecule has 1 aliphatic rings. The number of carbonyl (C=O) groups is 3. The molecule has 0 aromatic heterocycles. The fraction of sp³-hybridized carbons (Fsp3) is 0.722. The third kappa shape index (κ3) is 5.29. The van der Waals surface area contributed by atoms with Gasteiger partial charge in [-0.25, -0.2) is 4.79 Å². The van der Waals surface area contributed by atoms with E-state index in [1.54, 1.807) is 13.0 Å². The molecule has 0 aromatic carbocycles. The summed E-state index contributed by atoms with van der Waals surface area (Å²) in [6.07, 6.45) is 2.26. The van der Waals surface area contributed by atoms with Crippen molar-refractivity contribution in [2.24, 2.45) is 11.8 Å². The zero-order valence-electron chi connectivity index (χ0n) is 15.6. The lowest BCUT2D eigenvalue weighted by Gasteiger charge is -2.35. The lowest BCUT2D eigenvalue weighted by Crippen LogP contribution is -2.45. The second-order valence-corrected chi connectivity index (χ2v) is 5.83. The SMILES string of the molecule is CCOC(=O)C1=CC(OC(CC)CC)[C@H](C(=O)OC)[C@@H](C(=O)OC)C1. The fourth-order valence-electron chi connectivity index (χ4n) is 2.98. The van der Waals surface area contributed by atoms with Crippen molar-refractivity contribution in [3.05, 3.63) is 11.6 Å². The van der Waals surface area contributed by atoms with E-state index in [-0.39, 0.29) is 19.1 Å². The second-order valence-electron chi connectivity index (χ2n) is 5.83. The maximum Gasteiger partial charge on any atom is 0.333 e. The zero-order chi connectivity index (χ0) is 19.0. The summed E-state index contributed by atoms with van der Waals surface area (Å²) in [5.74, 6) is -3.38. The molecule has 1 unspecified atom stereocenters.